The molecule has 17 heavy (non-hydrogen) atoms. The molecule has 2 fully saturated rings. The van der Waals surface area contributed by atoms with Crippen molar-refractivity contribution in [2.45, 2.75) is 32.6 Å². The van der Waals surface area contributed by atoms with E-state index in [1.807, 2.05) is 19.1 Å². The van der Waals surface area contributed by atoms with Crippen LogP contribution in [-0.2, 0) is 0 Å². The number of aromatic hydroxyl groups is 1. The van der Waals surface area contributed by atoms with Crippen LogP contribution in [0, 0.1) is 24.7 Å². The number of phenols is 1. The molecule has 0 saturated heterocycles. The number of hydrogen-bond acceptors (Lipinski definition) is 2. The monoisotopic (exact) mass is 230 g/mol. The van der Waals surface area contributed by atoms with Gasteiger partial charge in [0.15, 0.2) is 5.78 Å². The van der Waals surface area contributed by atoms with E-state index < -0.39 is 0 Å². The summed E-state index contributed by atoms with van der Waals surface area (Å²) in [5.74, 6) is 1.82. The van der Waals surface area contributed by atoms with Gasteiger partial charge in [-0.15, -0.1) is 0 Å². The third-order valence-corrected chi connectivity index (χ3v) is 4.49. The first kappa shape index (κ1) is 10.8. The van der Waals surface area contributed by atoms with E-state index in [-0.39, 0.29) is 17.5 Å². The Kier molecular flexibility index (Phi) is 2.46. The van der Waals surface area contributed by atoms with Gasteiger partial charge in [0.05, 0.1) is 5.56 Å². The highest BCUT2D eigenvalue weighted by Gasteiger charge is 2.43. The molecule has 0 heterocycles. The van der Waals surface area contributed by atoms with Gasteiger partial charge in [0.2, 0.25) is 0 Å². The predicted octanol–water partition coefficient (Wildman–Crippen LogP) is 3.32. The van der Waals surface area contributed by atoms with Gasteiger partial charge < -0.3 is 5.11 Å². The molecule has 90 valence electrons. The Balaban J connectivity index is 1.89. The van der Waals surface area contributed by atoms with Crippen LogP contribution >= 0.6 is 0 Å². The van der Waals surface area contributed by atoms with Crippen LogP contribution in [0.1, 0.15) is 41.6 Å². The van der Waals surface area contributed by atoms with Gasteiger partial charge in [0, 0.05) is 5.92 Å². The maximum absolute atomic E-state index is 12.4. The number of Topliss-reactive ketones (excluding diaryl/α,β-unsaturated/α-hetero) is 1. The summed E-state index contributed by atoms with van der Waals surface area (Å²) in [4.78, 5) is 12.4. The summed E-state index contributed by atoms with van der Waals surface area (Å²) in [5, 5.41) is 9.82. The molecule has 2 aliphatic rings. The number of carbonyl (C=O) groups is 1. The number of phenolic OH excluding ortho intramolecular Hbond substituents is 1. The number of hydrogen-bond donors (Lipinski definition) is 1. The van der Waals surface area contributed by atoms with Crippen molar-refractivity contribution in [1.29, 1.82) is 0 Å². The van der Waals surface area contributed by atoms with Crippen molar-refractivity contribution in [1.82, 2.24) is 0 Å². The van der Waals surface area contributed by atoms with E-state index in [2.05, 4.69) is 0 Å². The number of rotatable bonds is 2. The molecule has 3 atom stereocenters. The lowest BCUT2D eigenvalue weighted by atomic mass is 9.83. The quantitative estimate of drug-likeness (QED) is 0.791. The molecule has 2 nitrogen and oxygen atoms in total. The van der Waals surface area contributed by atoms with E-state index in [1.54, 1.807) is 6.07 Å². The number of carbonyl (C=O) groups excluding carboxylic acids is 1. The van der Waals surface area contributed by atoms with Gasteiger partial charge >= 0.3 is 0 Å². The second kappa shape index (κ2) is 3.86. The molecule has 2 heteroatoms. The van der Waals surface area contributed by atoms with Crippen LogP contribution in [0.25, 0.3) is 0 Å². The maximum atomic E-state index is 12.4. The Labute approximate surface area is 102 Å². The molecule has 2 bridgehead atoms. The summed E-state index contributed by atoms with van der Waals surface area (Å²) in [6.07, 6.45) is 4.77. The molecular weight excluding hydrogens is 212 g/mol. The third kappa shape index (κ3) is 1.76. The minimum Gasteiger partial charge on any atom is -0.507 e. The van der Waals surface area contributed by atoms with Gasteiger partial charge in [-0.05, 0) is 50.2 Å². The van der Waals surface area contributed by atoms with Crippen molar-refractivity contribution in [3.8, 4) is 5.75 Å². The standard InChI is InChI=1S/C15H18O2/c1-9-2-5-14(16)13(6-9)15(17)12-8-10-3-4-11(12)7-10/h2,5-6,10-12,16H,3-4,7-8H2,1H3/t10-,11+,12+/m0/s1. The van der Waals surface area contributed by atoms with Crippen molar-refractivity contribution in [2.24, 2.45) is 17.8 Å². The second-order valence-corrected chi connectivity index (χ2v) is 5.67. The molecule has 1 aromatic carbocycles. The normalized spacial score (nSPS) is 30.8. The van der Waals surface area contributed by atoms with Gasteiger partial charge in [0.25, 0.3) is 0 Å². The maximum Gasteiger partial charge on any atom is 0.169 e. The second-order valence-electron chi connectivity index (χ2n) is 5.67. The van der Waals surface area contributed by atoms with Crippen molar-refractivity contribution >= 4 is 5.78 Å². The van der Waals surface area contributed by atoms with Crippen LogP contribution in [0.4, 0.5) is 0 Å². The lowest BCUT2D eigenvalue weighted by Crippen LogP contribution is -2.21. The fourth-order valence-electron chi connectivity index (χ4n) is 3.61. The predicted molar refractivity (Wildman–Crippen MR) is 66.1 cm³/mol. The van der Waals surface area contributed by atoms with Gasteiger partial charge in [-0.25, -0.2) is 0 Å². The Hall–Kier alpha value is -1.31. The van der Waals surface area contributed by atoms with Gasteiger partial charge in [-0.2, -0.15) is 0 Å². The molecule has 0 aliphatic heterocycles. The Bertz CT molecular complexity index is 464. The van der Waals surface area contributed by atoms with Crippen molar-refractivity contribution < 1.29 is 9.90 Å². The average molecular weight is 230 g/mol. The fourth-order valence-corrected chi connectivity index (χ4v) is 3.61. The molecule has 0 aromatic heterocycles. The zero-order chi connectivity index (χ0) is 12.0. The average Bonchev–Trinajstić information content (AvgIpc) is 2.93. The molecule has 0 amide bonds. The number of aryl methyl sites for hydroxylation is 1. The molecule has 1 aromatic rings. The number of benzene rings is 1. The first-order valence-electron chi connectivity index (χ1n) is 6.49. The lowest BCUT2D eigenvalue weighted by Gasteiger charge is -2.20. The van der Waals surface area contributed by atoms with Crippen molar-refractivity contribution in [3.63, 3.8) is 0 Å². The number of ketones is 1. The van der Waals surface area contributed by atoms with Crippen LogP contribution in [-0.4, -0.2) is 10.9 Å². The highest BCUT2D eigenvalue weighted by molar-refractivity contribution is 6.00. The van der Waals surface area contributed by atoms with E-state index in [4.69, 9.17) is 0 Å². The van der Waals surface area contributed by atoms with Crippen LogP contribution in [0.5, 0.6) is 5.75 Å². The molecule has 0 unspecified atom stereocenters. The summed E-state index contributed by atoms with van der Waals surface area (Å²) in [5.41, 5.74) is 1.57. The van der Waals surface area contributed by atoms with Gasteiger partial charge in [-0.1, -0.05) is 18.1 Å². The topological polar surface area (TPSA) is 37.3 Å². The Morgan fingerprint density at radius 1 is 1.29 bits per heavy atom. The number of fused-ring (bicyclic) bond motifs is 2. The van der Waals surface area contributed by atoms with Crippen LogP contribution in [0.2, 0.25) is 0 Å². The van der Waals surface area contributed by atoms with Gasteiger partial charge in [0.1, 0.15) is 5.75 Å². The molecule has 1 N–H and O–H groups in total. The minimum absolute atomic E-state index is 0.142. The first-order valence-corrected chi connectivity index (χ1v) is 6.49. The highest BCUT2D eigenvalue weighted by atomic mass is 16.3. The Morgan fingerprint density at radius 3 is 2.76 bits per heavy atom. The van der Waals surface area contributed by atoms with Crippen LogP contribution in [0.15, 0.2) is 18.2 Å². The minimum atomic E-state index is 0.142. The first-order chi connectivity index (χ1) is 8.15. The SMILES string of the molecule is Cc1ccc(O)c(C(=O)[C@@H]2C[C@H]3CC[C@@H]2C3)c1. The van der Waals surface area contributed by atoms with E-state index in [0.29, 0.717) is 11.5 Å². The molecule has 0 radical (unpaired) electrons. The fraction of sp³-hybridized carbons (Fsp3) is 0.533. The van der Waals surface area contributed by atoms with E-state index >= 15 is 0 Å². The van der Waals surface area contributed by atoms with Crippen molar-refractivity contribution in [3.05, 3.63) is 29.3 Å². The van der Waals surface area contributed by atoms with Crippen LogP contribution < -0.4 is 0 Å². The third-order valence-electron chi connectivity index (χ3n) is 4.49. The zero-order valence-corrected chi connectivity index (χ0v) is 10.1. The molecular formula is C15H18O2. The van der Waals surface area contributed by atoms with E-state index in [1.165, 1.54) is 19.3 Å². The van der Waals surface area contributed by atoms with E-state index in [9.17, 15) is 9.90 Å². The summed E-state index contributed by atoms with van der Waals surface area (Å²) in [7, 11) is 0. The molecule has 3 rings (SSSR count). The van der Waals surface area contributed by atoms with Gasteiger partial charge in [-0.3, -0.25) is 4.79 Å². The smallest absolute Gasteiger partial charge is 0.169 e. The molecule has 2 saturated carbocycles. The zero-order valence-electron chi connectivity index (χ0n) is 10.1. The largest absolute Gasteiger partial charge is 0.507 e. The summed E-state index contributed by atoms with van der Waals surface area (Å²) in [6.45, 7) is 1.96. The highest BCUT2D eigenvalue weighted by Crippen LogP contribution is 2.49. The lowest BCUT2D eigenvalue weighted by molar-refractivity contribution is 0.0872. The summed E-state index contributed by atoms with van der Waals surface area (Å²) in [6, 6.07) is 5.30. The molecule has 2 aliphatic carbocycles. The van der Waals surface area contributed by atoms with Crippen LogP contribution in [0.3, 0.4) is 0 Å². The summed E-state index contributed by atoms with van der Waals surface area (Å²) < 4.78 is 0. The van der Waals surface area contributed by atoms with E-state index in [0.717, 1.165) is 17.9 Å². The Morgan fingerprint density at radius 2 is 2.12 bits per heavy atom. The summed E-state index contributed by atoms with van der Waals surface area (Å²) >= 11 is 0. The molecule has 0 spiro atoms. The van der Waals surface area contributed by atoms with Crippen molar-refractivity contribution in [2.75, 3.05) is 0 Å².